The minimum absolute atomic E-state index is 0.00792. The number of para-hydroxylation sites is 1. The first-order chi connectivity index (χ1) is 13.2. The fourth-order valence-electron chi connectivity index (χ4n) is 2.85. The Hall–Kier alpha value is -2.87. The van der Waals surface area contributed by atoms with Crippen LogP contribution in [0, 0.1) is 13.8 Å². The van der Waals surface area contributed by atoms with Crippen molar-refractivity contribution < 1.29 is 22.7 Å². The lowest BCUT2D eigenvalue weighted by Gasteiger charge is -2.26. The predicted octanol–water partition coefficient (Wildman–Crippen LogP) is 3.02. The number of hydrogen-bond donors (Lipinski definition) is 1. The van der Waals surface area contributed by atoms with Gasteiger partial charge in [0.2, 0.25) is 5.91 Å². The van der Waals surface area contributed by atoms with Crippen molar-refractivity contribution in [1.29, 1.82) is 0 Å². The fraction of sp³-hybridized carbons (Fsp3) is 0.300. The van der Waals surface area contributed by atoms with Crippen molar-refractivity contribution in [1.82, 2.24) is 0 Å². The molecule has 0 spiro atoms. The summed E-state index contributed by atoms with van der Waals surface area (Å²) in [5.74, 6) is -0.890. The average molecular weight is 404 g/mol. The summed E-state index contributed by atoms with van der Waals surface area (Å²) in [4.78, 5) is 23.3. The quantitative estimate of drug-likeness (QED) is 0.716. The Bertz CT molecular complexity index is 948. The van der Waals surface area contributed by atoms with Crippen molar-refractivity contribution in [3.05, 3.63) is 53.6 Å². The maximum atomic E-state index is 13.3. The van der Waals surface area contributed by atoms with E-state index in [0.29, 0.717) is 11.4 Å². The van der Waals surface area contributed by atoms with Gasteiger partial charge in [-0.15, -0.1) is 0 Å². The zero-order valence-corrected chi connectivity index (χ0v) is 17.2. The first kappa shape index (κ1) is 21.4. The smallest absolute Gasteiger partial charge is 0.326 e. The number of ether oxygens (including phenoxy) is 1. The topological polar surface area (TPSA) is 92.8 Å². The molecule has 0 saturated carbocycles. The van der Waals surface area contributed by atoms with Gasteiger partial charge in [-0.25, -0.2) is 8.42 Å². The summed E-state index contributed by atoms with van der Waals surface area (Å²) in [6, 6.07) is 11.2. The Balaban J connectivity index is 2.52. The van der Waals surface area contributed by atoms with Crippen molar-refractivity contribution in [2.75, 3.05) is 22.8 Å². The number of nitrogens with one attached hydrogen (secondary N) is 1. The largest absolute Gasteiger partial charge is 0.465 e. The van der Waals surface area contributed by atoms with Crippen LogP contribution in [0.4, 0.5) is 11.4 Å². The summed E-state index contributed by atoms with van der Waals surface area (Å²) < 4.78 is 32.7. The summed E-state index contributed by atoms with van der Waals surface area (Å²) in [6.45, 7) is 6.33. The zero-order valence-electron chi connectivity index (χ0n) is 16.4. The highest BCUT2D eigenvalue weighted by molar-refractivity contribution is 7.92. The van der Waals surface area contributed by atoms with E-state index in [4.69, 9.17) is 4.74 Å². The van der Waals surface area contributed by atoms with Crippen molar-refractivity contribution in [3.63, 3.8) is 0 Å². The summed E-state index contributed by atoms with van der Waals surface area (Å²) >= 11 is 0. The Morgan fingerprint density at radius 1 is 1.04 bits per heavy atom. The molecule has 0 aliphatic heterocycles. The van der Waals surface area contributed by atoms with Crippen molar-refractivity contribution >= 4 is 33.3 Å². The zero-order chi connectivity index (χ0) is 20.9. The molecule has 8 heteroatoms. The molecule has 1 amide bonds. The minimum Gasteiger partial charge on any atom is -0.465 e. The molecule has 28 heavy (non-hydrogen) atoms. The van der Waals surface area contributed by atoms with Gasteiger partial charge >= 0.3 is 5.97 Å². The molecule has 0 atom stereocenters. The standard InChI is InChI=1S/C20H24N2O5S/c1-5-27-19(24)13-22(20-14(2)7-6-8-15(20)3)28(25,26)18-11-9-17(10-12-18)21-16(4)23/h6-12H,5,13H2,1-4H3,(H,21,23). The molecule has 0 bridgehead atoms. The predicted molar refractivity (Wildman–Crippen MR) is 108 cm³/mol. The number of carbonyl (C=O) groups is 2. The number of esters is 1. The van der Waals surface area contributed by atoms with Crippen LogP contribution < -0.4 is 9.62 Å². The van der Waals surface area contributed by atoms with Crippen molar-refractivity contribution in [2.24, 2.45) is 0 Å². The number of carbonyl (C=O) groups excluding carboxylic acids is 2. The lowest BCUT2D eigenvalue weighted by molar-refractivity contribution is -0.141. The highest BCUT2D eigenvalue weighted by atomic mass is 32.2. The molecule has 2 rings (SSSR count). The Labute approximate surface area is 165 Å². The fourth-order valence-corrected chi connectivity index (χ4v) is 4.39. The van der Waals surface area contributed by atoms with Gasteiger partial charge in [-0.05, 0) is 56.2 Å². The molecule has 0 unspecified atom stereocenters. The van der Waals surface area contributed by atoms with Crippen LogP contribution in [0.1, 0.15) is 25.0 Å². The minimum atomic E-state index is -4.04. The summed E-state index contributed by atoms with van der Waals surface area (Å²) in [6.07, 6.45) is 0. The van der Waals surface area contributed by atoms with Gasteiger partial charge in [0.05, 0.1) is 17.2 Å². The van der Waals surface area contributed by atoms with Crippen LogP contribution in [0.15, 0.2) is 47.4 Å². The van der Waals surface area contributed by atoms with Crippen LogP contribution in [-0.4, -0.2) is 33.4 Å². The molecule has 7 nitrogen and oxygen atoms in total. The van der Waals surface area contributed by atoms with E-state index >= 15 is 0 Å². The monoisotopic (exact) mass is 404 g/mol. The number of amides is 1. The normalized spacial score (nSPS) is 11.0. The molecule has 0 saturated heterocycles. The van der Waals surface area contributed by atoms with Crippen LogP contribution >= 0.6 is 0 Å². The molecule has 2 aromatic carbocycles. The molecule has 0 aliphatic rings. The molecule has 2 aromatic rings. The van der Waals surface area contributed by atoms with E-state index in [9.17, 15) is 18.0 Å². The Kier molecular flexibility index (Phi) is 6.80. The second-order valence-corrected chi connectivity index (χ2v) is 8.12. The van der Waals surface area contributed by atoms with E-state index in [-0.39, 0.29) is 17.4 Å². The first-order valence-electron chi connectivity index (χ1n) is 8.79. The summed E-state index contributed by atoms with van der Waals surface area (Å²) in [5, 5.41) is 2.59. The highest BCUT2D eigenvalue weighted by Crippen LogP contribution is 2.30. The van der Waals surface area contributed by atoms with Gasteiger partial charge in [-0.1, -0.05) is 18.2 Å². The van der Waals surface area contributed by atoms with Gasteiger partial charge in [0, 0.05) is 12.6 Å². The molecule has 1 N–H and O–H groups in total. The third kappa shape index (κ3) is 4.89. The number of aryl methyl sites for hydroxylation is 2. The third-order valence-corrected chi connectivity index (χ3v) is 5.79. The van der Waals surface area contributed by atoms with Crippen LogP contribution in [0.2, 0.25) is 0 Å². The third-order valence-electron chi connectivity index (χ3n) is 4.03. The van der Waals surface area contributed by atoms with Gasteiger partial charge in [0.25, 0.3) is 10.0 Å². The van der Waals surface area contributed by atoms with Crippen LogP contribution in [-0.2, 0) is 24.3 Å². The van der Waals surface area contributed by atoms with E-state index in [2.05, 4.69) is 5.32 Å². The molecular formula is C20H24N2O5S. The first-order valence-corrected chi connectivity index (χ1v) is 10.2. The number of nitrogens with zero attached hydrogens (tertiary/aromatic N) is 1. The van der Waals surface area contributed by atoms with Crippen molar-refractivity contribution in [2.45, 2.75) is 32.6 Å². The average Bonchev–Trinajstić information content (AvgIpc) is 2.61. The van der Waals surface area contributed by atoms with Crippen LogP contribution in [0.5, 0.6) is 0 Å². The van der Waals surface area contributed by atoms with Gasteiger partial charge in [0.15, 0.2) is 0 Å². The molecule has 0 radical (unpaired) electrons. The lowest BCUT2D eigenvalue weighted by Crippen LogP contribution is -2.37. The SMILES string of the molecule is CCOC(=O)CN(c1c(C)cccc1C)S(=O)(=O)c1ccc(NC(C)=O)cc1. The summed E-state index contributed by atoms with van der Waals surface area (Å²) in [5.41, 5.74) is 2.38. The maximum absolute atomic E-state index is 13.3. The van der Waals surface area contributed by atoms with Crippen LogP contribution in [0.25, 0.3) is 0 Å². The van der Waals surface area contributed by atoms with E-state index in [1.54, 1.807) is 32.9 Å². The molecule has 0 aliphatic carbocycles. The van der Waals surface area contributed by atoms with Gasteiger partial charge in [0.1, 0.15) is 6.54 Å². The molecule has 150 valence electrons. The maximum Gasteiger partial charge on any atom is 0.326 e. The second kappa shape index (κ2) is 8.88. The van der Waals surface area contributed by atoms with E-state index in [1.807, 2.05) is 6.07 Å². The number of rotatable bonds is 7. The van der Waals surface area contributed by atoms with Gasteiger partial charge < -0.3 is 10.1 Å². The van der Waals surface area contributed by atoms with Crippen molar-refractivity contribution in [3.8, 4) is 0 Å². The van der Waals surface area contributed by atoms with Crippen LogP contribution in [0.3, 0.4) is 0 Å². The van der Waals surface area contributed by atoms with E-state index < -0.39 is 22.5 Å². The highest BCUT2D eigenvalue weighted by Gasteiger charge is 2.29. The second-order valence-electron chi connectivity index (χ2n) is 6.26. The summed E-state index contributed by atoms with van der Waals surface area (Å²) in [7, 11) is -4.04. The Morgan fingerprint density at radius 2 is 1.61 bits per heavy atom. The number of sulfonamides is 1. The van der Waals surface area contributed by atoms with Gasteiger partial charge in [-0.3, -0.25) is 13.9 Å². The number of anilines is 2. The molecule has 0 aromatic heterocycles. The lowest BCUT2D eigenvalue weighted by atomic mass is 10.1. The number of hydrogen-bond acceptors (Lipinski definition) is 5. The molecule has 0 heterocycles. The molecule has 0 fully saturated rings. The Morgan fingerprint density at radius 3 is 2.11 bits per heavy atom. The molecular weight excluding hydrogens is 380 g/mol. The number of benzene rings is 2. The van der Waals surface area contributed by atoms with E-state index in [0.717, 1.165) is 15.4 Å². The van der Waals surface area contributed by atoms with Gasteiger partial charge in [-0.2, -0.15) is 0 Å². The van der Waals surface area contributed by atoms with E-state index in [1.165, 1.54) is 31.2 Å².